The fraction of sp³-hybridized carbons (Fsp3) is 0.520. The maximum Gasteiger partial charge on any atom is 0.227 e. The van der Waals surface area contributed by atoms with Crippen LogP contribution in [-0.2, 0) is 11.2 Å². The van der Waals surface area contributed by atoms with Crippen LogP contribution in [0.25, 0.3) is 0 Å². The number of rotatable bonds is 5. The summed E-state index contributed by atoms with van der Waals surface area (Å²) in [6.07, 6.45) is 4.58. The average molecular weight is 437 g/mol. The molecule has 32 heavy (non-hydrogen) atoms. The fourth-order valence-electron chi connectivity index (χ4n) is 4.99. The molecule has 1 amide bonds. The third-order valence-electron chi connectivity index (χ3n) is 6.70. The van der Waals surface area contributed by atoms with Crippen molar-refractivity contribution >= 4 is 11.7 Å². The zero-order valence-corrected chi connectivity index (χ0v) is 18.6. The smallest absolute Gasteiger partial charge is 0.227 e. The Morgan fingerprint density at radius 2 is 1.84 bits per heavy atom. The first-order chi connectivity index (χ1) is 15.7. The number of carbonyl (C=O) groups excluding carboxylic acids is 1. The summed E-state index contributed by atoms with van der Waals surface area (Å²) < 4.78 is 11.3. The van der Waals surface area contributed by atoms with Gasteiger partial charge >= 0.3 is 0 Å². The van der Waals surface area contributed by atoms with Crippen LogP contribution in [0.3, 0.4) is 0 Å². The minimum absolute atomic E-state index is 0.214. The molecule has 0 radical (unpaired) electrons. The maximum absolute atomic E-state index is 13.0. The Balaban J connectivity index is 1.11. The van der Waals surface area contributed by atoms with Crippen LogP contribution in [0.1, 0.15) is 18.4 Å². The zero-order chi connectivity index (χ0) is 21.8. The maximum atomic E-state index is 13.0. The molecule has 1 atom stereocenters. The largest absolute Gasteiger partial charge is 0.486 e. The Kier molecular flexibility index (Phi) is 6.44. The third-order valence-corrected chi connectivity index (χ3v) is 6.70. The lowest BCUT2D eigenvalue weighted by atomic mass is 9.96. The summed E-state index contributed by atoms with van der Waals surface area (Å²) in [5, 5.41) is 0. The number of carbonyl (C=O) groups is 1. The number of anilines is 1. The summed E-state index contributed by atoms with van der Waals surface area (Å²) >= 11 is 0. The van der Waals surface area contributed by atoms with E-state index in [1.54, 1.807) is 0 Å². The lowest BCUT2D eigenvalue weighted by Crippen LogP contribution is -2.50. The van der Waals surface area contributed by atoms with E-state index in [4.69, 9.17) is 9.47 Å². The summed E-state index contributed by atoms with van der Waals surface area (Å²) in [7, 11) is 0. The number of ether oxygens (including phenoxy) is 2. The summed E-state index contributed by atoms with van der Waals surface area (Å²) in [6.45, 7) is 8.08. The highest BCUT2D eigenvalue weighted by molar-refractivity contribution is 5.79. The van der Waals surface area contributed by atoms with Gasteiger partial charge in [0.05, 0.1) is 6.42 Å². The first-order valence-electron chi connectivity index (χ1n) is 11.8. The molecule has 5 rings (SSSR count). The second-order valence-electron chi connectivity index (χ2n) is 8.98. The topological polar surface area (TPSA) is 58.1 Å². The second-order valence-corrected chi connectivity index (χ2v) is 8.98. The molecule has 0 bridgehead atoms. The summed E-state index contributed by atoms with van der Waals surface area (Å²) in [5.41, 5.74) is 0.993. The highest BCUT2D eigenvalue weighted by Crippen LogP contribution is 2.31. The van der Waals surface area contributed by atoms with Crippen molar-refractivity contribution in [1.29, 1.82) is 0 Å². The predicted molar refractivity (Wildman–Crippen MR) is 123 cm³/mol. The first-order valence-corrected chi connectivity index (χ1v) is 11.8. The minimum atomic E-state index is 0.214. The molecular formula is C25H32N4O3. The Bertz CT molecular complexity index is 915. The van der Waals surface area contributed by atoms with Crippen LogP contribution in [0.2, 0.25) is 0 Å². The van der Waals surface area contributed by atoms with Gasteiger partial charge < -0.3 is 19.3 Å². The van der Waals surface area contributed by atoms with E-state index in [0.717, 1.165) is 75.1 Å². The minimum Gasteiger partial charge on any atom is -0.486 e. The molecule has 1 unspecified atom stereocenters. The van der Waals surface area contributed by atoms with E-state index in [1.807, 2.05) is 36.5 Å². The SMILES string of the molecule is O=C(Cc1ccc2c(c1)OCCO2)N1CCCC(CN2CCN(c3ccccn3)CC2)C1. The molecule has 7 nitrogen and oxygen atoms in total. The van der Waals surface area contributed by atoms with E-state index >= 15 is 0 Å². The number of hydrogen-bond donors (Lipinski definition) is 0. The summed E-state index contributed by atoms with van der Waals surface area (Å²) in [6, 6.07) is 11.9. The van der Waals surface area contributed by atoms with Crippen LogP contribution in [0, 0.1) is 5.92 Å². The molecule has 170 valence electrons. The number of piperidine rings is 1. The van der Waals surface area contributed by atoms with Crippen LogP contribution in [0.15, 0.2) is 42.6 Å². The Morgan fingerprint density at radius 3 is 2.66 bits per heavy atom. The Labute approximate surface area is 189 Å². The Morgan fingerprint density at radius 1 is 1.00 bits per heavy atom. The molecule has 0 N–H and O–H groups in total. The molecular weight excluding hydrogens is 404 g/mol. The van der Waals surface area contributed by atoms with Crippen molar-refractivity contribution in [3.63, 3.8) is 0 Å². The second kappa shape index (κ2) is 9.77. The number of likely N-dealkylation sites (tertiary alicyclic amines) is 1. The van der Waals surface area contributed by atoms with Crippen LogP contribution >= 0.6 is 0 Å². The van der Waals surface area contributed by atoms with Crippen LogP contribution < -0.4 is 14.4 Å². The van der Waals surface area contributed by atoms with E-state index in [-0.39, 0.29) is 5.91 Å². The molecule has 1 aromatic heterocycles. The van der Waals surface area contributed by atoms with Crippen molar-refractivity contribution in [2.75, 3.05) is 63.9 Å². The first kappa shape index (κ1) is 21.1. The standard InChI is InChI=1S/C25H32N4O3/c30-25(17-20-6-7-22-23(16-20)32-15-14-31-22)29-9-3-4-21(19-29)18-27-10-12-28(13-11-27)24-5-1-2-8-26-24/h1-2,5-8,16,21H,3-4,9-15,17-19H2. The van der Waals surface area contributed by atoms with Crippen molar-refractivity contribution in [3.05, 3.63) is 48.2 Å². The van der Waals surface area contributed by atoms with E-state index in [1.165, 1.54) is 6.42 Å². The van der Waals surface area contributed by atoms with Gasteiger partial charge in [0.1, 0.15) is 19.0 Å². The van der Waals surface area contributed by atoms with Crippen LogP contribution in [-0.4, -0.2) is 79.7 Å². The number of fused-ring (bicyclic) bond motifs is 1. The predicted octanol–water partition coefficient (Wildman–Crippen LogP) is 2.46. The molecule has 2 fully saturated rings. The van der Waals surface area contributed by atoms with Gasteiger partial charge in [0.2, 0.25) is 5.91 Å². The molecule has 0 saturated carbocycles. The van der Waals surface area contributed by atoms with Gasteiger partial charge in [-0.3, -0.25) is 9.69 Å². The van der Waals surface area contributed by atoms with E-state index in [0.29, 0.717) is 25.6 Å². The average Bonchev–Trinajstić information content (AvgIpc) is 2.85. The lowest BCUT2D eigenvalue weighted by molar-refractivity contribution is -0.132. The number of amides is 1. The molecule has 3 aliphatic rings. The van der Waals surface area contributed by atoms with E-state index in [9.17, 15) is 4.79 Å². The normalized spacial score (nSPS) is 21.4. The van der Waals surface area contributed by atoms with Crippen LogP contribution in [0.4, 0.5) is 5.82 Å². The Hall–Kier alpha value is -2.80. The van der Waals surface area contributed by atoms with Gasteiger partial charge in [0.15, 0.2) is 11.5 Å². The number of piperazine rings is 1. The lowest BCUT2D eigenvalue weighted by Gasteiger charge is -2.39. The molecule has 1 aromatic carbocycles. The van der Waals surface area contributed by atoms with Crippen molar-refractivity contribution in [1.82, 2.24) is 14.8 Å². The number of nitrogens with zero attached hydrogens (tertiary/aromatic N) is 4. The monoisotopic (exact) mass is 436 g/mol. The zero-order valence-electron chi connectivity index (χ0n) is 18.6. The van der Waals surface area contributed by atoms with Crippen molar-refractivity contribution < 1.29 is 14.3 Å². The highest BCUT2D eigenvalue weighted by atomic mass is 16.6. The number of pyridine rings is 1. The van der Waals surface area contributed by atoms with Gasteiger partial charge in [-0.2, -0.15) is 0 Å². The molecule has 0 spiro atoms. The van der Waals surface area contributed by atoms with E-state index < -0.39 is 0 Å². The molecule has 3 aliphatic heterocycles. The highest BCUT2D eigenvalue weighted by Gasteiger charge is 2.27. The number of aromatic nitrogens is 1. The van der Waals surface area contributed by atoms with Crippen molar-refractivity contribution in [2.45, 2.75) is 19.3 Å². The van der Waals surface area contributed by atoms with Gasteiger partial charge in [-0.25, -0.2) is 4.98 Å². The van der Waals surface area contributed by atoms with Gasteiger partial charge in [0, 0.05) is 52.0 Å². The summed E-state index contributed by atoms with van der Waals surface area (Å²) in [4.78, 5) is 24.5. The molecule has 2 saturated heterocycles. The third kappa shape index (κ3) is 4.99. The number of hydrogen-bond acceptors (Lipinski definition) is 6. The van der Waals surface area contributed by atoms with Crippen molar-refractivity contribution in [2.24, 2.45) is 5.92 Å². The molecule has 7 heteroatoms. The summed E-state index contributed by atoms with van der Waals surface area (Å²) in [5.74, 6) is 3.36. The van der Waals surface area contributed by atoms with Crippen LogP contribution in [0.5, 0.6) is 11.5 Å². The van der Waals surface area contributed by atoms with Crippen molar-refractivity contribution in [3.8, 4) is 11.5 Å². The van der Waals surface area contributed by atoms with Gasteiger partial charge in [-0.05, 0) is 48.6 Å². The van der Waals surface area contributed by atoms with Gasteiger partial charge in [0.25, 0.3) is 0 Å². The molecule has 4 heterocycles. The quantitative estimate of drug-likeness (QED) is 0.718. The van der Waals surface area contributed by atoms with E-state index in [2.05, 4.69) is 25.8 Å². The van der Waals surface area contributed by atoms with Gasteiger partial charge in [-0.15, -0.1) is 0 Å². The molecule has 2 aromatic rings. The fourth-order valence-corrected chi connectivity index (χ4v) is 4.99. The number of benzene rings is 1. The molecule has 0 aliphatic carbocycles. The van der Waals surface area contributed by atoms with Gasteiger partial charge in [-0.1, -0.05) is 12.1 Å².